The SMILES string of the molecule is C=CCC(NC(=O)C(F)(F)C(F)(F)F)C(=O)OCCCCCCCCC. The Balaban J connectivity index is 4.37. The second-order valence-corrected chi connectivity index (χ2v) is 5.91. The van der Waals surface area contributed by atoms with Gasteiger partial charge in [0.1, 0.15) is 6.04 Å². The topological polar surface area (TPSA) is 55.4 Å². The van der Waals surface area contributed by atoms with E-state index in [1.54, 1.807) is 0 Å². The summed E-state index contributed by atoms with van der Waals surface area (Å²) in [6, 6.07) is -1.64. The fourth-order valence-electron chi connectivity index (χ4n) is 2.09. The van der Waals surface area contributed by atoms with Crippen molar-refractivity contribution in [1.29, 1.82) is 0 Å². The first-order valence-electron chi connectivity index (χ1n) is 8.61. The van der Waals surface area contributed by atoms with Crippen LogP contribution in [0.5, 0.6) is 0 Å². The van der Waals surface area contributed by atoms with E-state index in [0.717, 1.165) is 44.6 Å². The van der Waals surface area contributed by atoms with Crippen molar-refractivity contribution in [3.8, 4) is 0 Å². The quantitative estimate of drug-likeness (QED) is 0.219. The number of carbonyl (C=O) groups is 2. The summed E-state index contributed by atoms with van der Waals surface area (Å²) in [4.78, 5) is 23.0. The highest BCUT2D eigenvalue weighted by Crippen LogP contribution is 2.35. The molecule has 0 aromatic carbocycles. The number of halogens is 5. The zero-order valence-corrected chi connectivity index (χ0v) is 14.8. The minimum Gasteiger partial charge on any atom is -0.464 e. The van der Waals surface area contributed by atoms with Crippen LogP contribution in [0.4, 0.5) is 22.0 Å². The number of rotatable bonds is 13. The molecule has 0 spiro atoms. The number of hydrogen-bond acceptors (Lipinski definition) is 3. The number of esters is 1. The molecule has 1 N–H and O–H groups in total. The third kappa shape index (κ3) is 8.62. The van der Waals surface area contributed by atoms with Crippen molar-refractivity contribution in [2.45, 2.75) is 76.4 Å². The van der Waals surface area contributed by atoms with Gasteiger partial charge in [0.15, 0.2) is 0 Å². The number of unbranched alkanes of at least 4 members (excludes halogenated alkanes) is 6. The maximum absolute atomic E-state index is 13.0. The van der Waals surface area contributed by atoms with Gasteiger partial charge in [0.2, 0.25) is 0 Å². The van der Waals surface area contributed by atoms with Crippen LogP contribution in [0.1, 0.15) is 58.3 Å². The molecule has 0 heterocycles. The molecule has 1 unspecified atom stereocenters. The number of amides is 1. The van der Waals surface area contributed by atoms with Crippen LogP contribution in [0, 0.1) is 0 Å². The molecule has 0 aliphatic carbocycles. The Bertz CT molecular complexity index is 452. The molecule has 26 heavy (non-hydrogen) atoms. The highest BCUT2D eigenvalue weighted by atomic mass is 19.4. The van der Waals surface area contributed by atoms with Gasteiger partial charge in [0.25, 0.3) is 0 Å². The van der Waals surface area contributed by atoms with Crippen molar-refractivity contribution in [2.24, 2.45) is 0 Å². The third-order valence-corrected chi connectivity index (χ3v) is 3.63. The van der Waals surface area contributed by atoms with Gasteiger partial charge in [-0.15, -0.1) is 6.58 Å². The van der Waals surface area contributed by atoms with Gasteiger partial charge in [-0.2, -0.15) is 22.0 Å². The number of carbonyl (C=O) groups excluding carboxylic acids is 2. The normalized spacial score (nSPS) is 13.2. The zero-order chi connectivity index (χ0) is 20.2. The van der Waals surface area contributed by atoms with E-state index in [0.29, 0.717) is 6.42 Å². The molecule has 0 saturated heterocycles. The van der Waals surface area contributed by atoms with E-state index in [1.165, 1.54) is 5.32 Å². The summed E-state index contributed by atoms with van der Waals surface area (Å²) in [7, 11) is 0. The van der Waals surface area contributed by atoms with Crippen LogP contribution in [0.15, 0.2) is 12.7 Å². The maximum atomic E-state index is 13.0. The van der Waals surface area contributed by atoms with Gasteiger partial charge in [0.05, 0.1) is 6.61 Å². The Labute approximate surface area is 150 Å². The number of alkyl halides is 5. The van der Waals surface area contributed by atoms with Crippen LogP contribution in [0.3, 0.4) is 0 Å². The monoisotopic (exact) mass is 387 g/mol. The largest absolute Gasteiger partial charge is 0.464 e. The van der Waals surface area contributed by atoms with Gasteiger partial charge < -0.3 is 10.1 Å². The zero-order valence-electron chi connectivity index (χ0n) is 14.8. The average Bonchev–Trinajstić information content (AvgIpc) is 2.55. The predicted octanol–water partition coefficient (Wildman–Crippen LogP) is 4.54. The lowest BCUT2D eigenvalue weighted by Crippen LogP contribution is -2.54. The van der Waals surface area contributed by atoms with E-state index in [9.17, 15) is 31.5 Å². The lowest BCUT2D eigenvalue weighted by Gasteiger charge is -2.22. The maximum Gasteiger partial charge on any atom is 0.463 e. The summed E-state index contributed by atoms with van der Waals surface area (Å²) in [6.45, 7) is 5.38. The van der Waals surface area contributed by atoms with Gasteiger partial charge in [-0.25, -0.2) is 4.79 Å². The van der Waals surface area contributed by atoms with Crippen molar-refractivity contribution in [1.82, 2.24) is 5.32 Å². The van der Waals surface area contributed by atoms with Crippen LogP contribution in [0.25, 0.3) is 0 Å². The van der Waals surface area contributed by atoms with Crippen LogP contribution < -0.4 is 5.32 Å². The second kappa shape index (κ2) is 11.9. The molecule has 1 amide bonds. The Morgan fingerprint density at radius 2 is 1.58 bits per heavy atom. The lowest BCUT2D eigenvalue weighted by molar-refractivity contribution is -0.270. The van der Waals surface area contributed by atoms with Crippen LogP contribution in [-0.2, 0) is 14.3 Å². The fourth-order valence-corrected chi connectivity index (χ4v) is 2.09. The van der Waals surface area contributed by atoms with Crippen molar-refractivity contribution in [2.75, 3.05) is 6.61 Å². The summed E-state index contributed by atoms with van der Waals surface area (Å²) in [5.41, 5.74) is 0. The number of nitrogens with one attached hydrogen (secondary N) is 1. The Morgan fingerprint density at radius 3 is 2.08 bits per heavy atom. The minimum atomic E-state index is -6.04. The molecule has 4 nitrogen and oxygen atoms in total. The predicted molar refractivity (Wildman–Crippen MR) is 86.7 cm³/mol. The summed E-state index contributed by atoms with van der Waals surface area (Å²) >= 11 is 0. The first-order chi connectivity index (χ1) is 12.1. The molecule has 0 fully saturated rings. The molecule has 0 aliphatic heterocycles. The molecular formula is C17H26F5NO3. The Kier molecular flexibility index (Phi) is 11.1. The van der Waals surface area contributed by atoms with Crippen molar-refractivity contribution >= 4 is 11.9 Å². The minimum absolute atomic E-state index is 0.00574. The summed E-state index contributed by atoms with van der Waals surface area (Å²) in [5, 5.41) is 1.39. The molecule has 0 bridgehead atoms. The van der Waals surface area contributed by atoms with Crippen LogP contribution >= 0.6 is 0 Å². The average molecular weight is 387 g/mol. The molecule has 0 aliphatic rings. The molecule has 1 atom stereocenters. The van der Waals surface area contributed by atoms with Gasteiger partial charge in [0, 0.05) is 0 Å². The smallest absolute Gasteiger partial charge is 0.463 e. The summed E-state index contributed by atoms with van der Waals surface area (Å²) in [5.74, 6) is -9.25. The molecule has 0 aromatic heterocycles. The second-order valence-electron chi connectivity index (χ2n) is 5.91. The molecular weight excluding hydrogens is 361 g/mol. The van der Waals surface area contributed by atoms with Crippen LogP contribution in [0.2, 0.25) is 0 Å². The number of hydrogen-bond donors (Lipinski definition) is 1. The number of ether oxygens (including phenoxy) is 1. The summed E-state index contributed by atoms with van der Waals surface area (Å²) < 4.78 is 67.3. The molecule has 0 rings (SSSR count). The lowest BCUT2D eigenvalue weighted by atomic mass is 10.1. The van der Waals surface area contributed by atoms with E-state index in [2.05, 4.69) is 13.5 Å². The van der Waals surface area contributed by atoms with Gasteiger partial charge >= 0.3 is 24.0 Å². The van der Waals surface area contributed by atoms with Crippen molar-refractivity contribution < 1.29 is 36.3 Å². The molecule has 0 radical (unpaired) electrons. The third-order valence-electron chi connectivity index (χ3n) is 3.63. The highest BCUT2D eigenvalue weighted by molar-refractivity contribution is 5.89. The van der Waals surface area contributed by atoms with Crippen molar-refractivity contribution in [3.63, 3.8) is 0 Å². The van der Waals surface area contributed by atoms with E-state index in [-0.39, 0.29) is 13.0 Å². The van der Waals surface area contributed by atoms with Crippen LogP contribution in [-0.4, -0.2) is 36.6 Å². The van der Waals surface area contributed by atoms with Gasteiger partial charge in [-0.3, -0.25) is 4.79 Å². The Hall–Kier alpha value is -1.67. The Morgan fingerprint density at radius 1 is 1.04 bits per heavy atom. The standard InChI is InChI=1S/C17H26F5NO3/c1-3-5-6-7-8-9-10-12-26-14(24)13(11-4-2)23-15(25)16(18,19)17(20,21)22/h4,13H,2-3,5-12H2,1H3,(H,23,25). The first kappa shape index (κ1) is 24.3. The van der Waals surface area contributed by atoms with E-state index in [1.807, 2.05) is 0 Å². The summed E-state index contributed by atoms with van der Waals surface area (Å²) in [6.07, 6.45) is 1.52. The van der Waals surface area contributed by atoms with Crippen molar-refractivity contribution in [3.05, 3.63) is 12.7 Å². The molecule has 9 heteroatoms. The van der Waals surface area contributed by atoms with E-state index >= 15 is 0 Å². The van der Waals surface area contributed by atoms with E-state index < -0.39 is 30.0 Å². The van der Waals surface area contributed by atoms with E-state index in [4.69, 9.17) is 4.74 Å². The molecule has 152 valence electrons. The highest BCUT2D eigenvalue weighted by Gasteiger charge is 2.63. The fraction of sp³-hybridized carbons (Fsp3) is 0.765. The first-order valence-corrected chi connectivity index (χ1v) is 8.61. The van der Waals surface area contributed by atoms with Gasteiger partial charge in [-0.1, -0.05) is 51.5 Å². The molecule has 0 aromatic rings. The molecule has 0 saturated carbocycles. The van der Waals surface area contributed by atoms with Gasteiger partial charge in [-0.05, 0) is 12.8 Å².